The minimum Gasteiger partial charge on any atom is -0.207 e. The van der Waals surface area contributed by atoms with Crippen molar-refractivity contribution in [1.82, 2.24) is 0 Å². The maximum absolute atomic E-state index is 13.2. The zero-order chi connectivity index (χ0) is 19.3. The van der Waals surface area contributed by atoms with Gasteiger partial charge in [-0.15, -0.1) is 0 Å². The predicted molar refractivity (Wildman–Crippen MR) is 116 cm³/mol. The maximum atomic E-state index is 13.2. The van der Waals surface area contributed by atoms with E-state index in [2.05, 4.69) is 37.3 Å². The van der Waals surface area contributed by atoms with Crippen molar-refractivity contribution in [2.45, 2.75) is 76.5 Å². The first-order chi connectivity index (χ1) is 13.7. The van der Waals surface area contributed by atoms with Gasteiger partial charge >= 0.3 is 0 Å². The van der Waals surface area contributed by atoms with Crippen molar-refractivity contribution >= 4 is 0 Å². The molecule has 150 valence electrons. The van der Waals surface area contributed by atoms with Gasteiger partial charge in [-0.2, -0.15) is 0 Å². The zero-order valence-corrected chi connectivity index (χ0v) is 17.3. The van der Waals surface area contributed by atoms with Crippen LogP contribution >= 0.6 is 0 Å². The molecule has 0 bridgehead atoms. The van der Waals surface area contributed by atoms with Gasteiger partial charge in [0.25, 0.3) is 0 Å². The summed E-state index contributed by atoms with van der Waals surface area (Å²) >= 11 is 0. The van der Waals surface area contributed by atoms with E-state index in [0.717, 1.165) is 17.8 Å². The highest BCUT2D eigenvalue weighted by Gasteiger charge is 2.31. The molecule has 2 aromatic rings. The molecule has 1 heteroatoms. The Bertz CT molecular complexity index is 704. The smallest absolute Gasteiger partial charge is 0.123 e. The molecule has 0 N–H and O–H groups in total. The van der Waals surface area contributed by atoms with Gasteiger partial charge in [0.1, 0.15) is 5.82 Å². The molecule has 1 atom stereocenters. The molecule has 0 aliphatic heterocycles. The fourth-order valence-corrected chi connectivity index (χ4v) is 5.97. The Labute approximate surface area is 170 Å². The first kappa shape index (κ1) is 19.7. The topological polar surface area (TPSA) is 0 Å². The molecule has 0 saturated heterocycles. The van der Waals surface area contributed by atoms with Gasteiger partial charge in [-0.1, -0.05) is 62.2 Å². The van der Waals surface area contributed by atoms with Crippen LogP contribution in [0.3, 0.4) is 0 Å². The lowest BCUT2D eigenvalue weighted by molar-refractivity contribution is 0.154. The van der Waals surface area contributed by atoms with Gasteiger partial charge in [-0.3, -0.25) is 0 Å². The van der Waals surface area contributed by atoms with Crippen LogP contribution in [0, 0.1) is 23.6 Å². The normalized spacial score (nSPS) is 29.4. The van der Waals surface area contributed by atoms with Gasteiger partial charge in [-0.25, -0.2) is 4.39 Å². The van der Waals surface area contributed by atoms with Gasteiger partial charge in [0, 0.05) is 0 Å². The Morgan fingerprint density at radius 2 is 1.32 bits per heavy atom. The molecular formula is C27H35F. The lowest BCUT2D eigenvalue weighted by Crippen LogP contribution is -2.25. The molecule has 0 radical (unpaired) electrons. The second-order valence-electron chi connectivity index (χ2n) is 9.49. The number of hydrogen-bond acceptors (Lipinski definition) is 0. The van der Waals surface area contributed by atoms with E-state index in [1.165, 1.54) is 68.9 Å². The van der Waals surface area contributed by atoms with Gasteiger partial charge in [0.15, 0.2) is 0 Å². The molecule has 2 saturated carbocycles. The van der Waals surface area contributed by atoms with Crippen molar-refractivity contribution < 1.29 is 4.39 Å². The lowest BCUT2D eigenvalue weighted by Gasteiger charge is -2.38. The third-order valence-corrected chi connectivity index (χ3v) is 7.73. The Morgan fingerprint density at radius 3 is 1.93 bits per heavy atom. The van der Waals surface area contributed by atoms with Crippen LogP contribution < -0.4 is 0 Å². The largest absolute Gasteiger partial charge is 0.207 e. The molecule has 2 fully saturated rings. The summed E-state index contributed by atoms with van der Waals surface area (Å²) in [6, 6.07) is 18.3. The minimum absolute atomic E-state index is 0.115. The summed E-state index contributed by atoms with van der Waals surface area (Å²) in [6.07, 6.45) is 12.4. The van der Waals surface area contributed by atoms with E-state index in [0.29, 0.717) is 11.8 Å². The van der Waals surface area contributed by atoms with Crippen LogP contribution in [0.2, 0.25) is 0 Å². The third-order valence-electron chi connectivity index (χ3n) is 7.73. The van der Waals surface area contributed by atoms with Crippen LogP contribution in [0.15, 0.2) is 54.6 Å². The van der Waals surface area contributed by atoms with Crippen LogP contribution in [0.25, 0.3) is 0 Å². The van der Waals surface area contributed by atoms with Crippen LogP contribution in [-0.2, 0) is 0 Å². The second kappa shape index (κ2) is 9.25. The van der Waals surface area contributed by atoms with Crippen molar-refractivity contribution in [3.8, 4) is 0 Å². The molecule has 0 spiro atoms. The Kier molecular flexibility index (Phi) is 6.50. The van der Waals surface area contributed by atoms with Gasteiger partial charge in [0.05, 0.1) is 0 Å². The van der Waals surface area contributed by atoms with E-state index in [9.17, 15) is 4.39 Å². The van der Waals surface area contributed by atoms with Crippen molar-refractivity contribution in [1.29, 1.82) is 0 Å². The van der Waals surface area contributed by atoms with Crippen molar-refractivity contribution in [3.63, 3.8) is 0 Å². The molecule has 4 rings (SSSR count). The highest BCUT2D eigenvalue weighted by Crippen LogP contribution is 2.45. The Hall–Kier alpha value is -1.63. The van der Waals surface area contributed by atoms with Crippen LogP contribution in [-0.4, -0.2) is 0 Å². The van der Waals surface area contributed by atoms with Crippen LogP contribution in [0.1, 0.15) is 87.7 Å². The molecule has 0 unspecified atom stereocenters. The van der Waals surface area contributed by atoms with Gasteiger partial charge < -0.3 is 0 Å². The molecule has 28 heavy (non-hydrogen) atoms. The first-order valence-electron chi connectivity index (χ1n) is 11.5. The van der Waals surface area contributed by atoms with Gasteiger partial charge in [0.2, 0.25) is 0 Å². The fraction of sp³-hybridized carbons (Fsp3) is 0.556. The number of benzene rings is 2. The molecule has 0 amide bonds. The molecule has 2 aliphatic rings. The van der Waals surface area contributed by atoms with E-state index in [-0.39, 0.29) is 5.82 Å². The summed E-state index contributed by atoms with van der Waals surface area (Å²) in [7, 11) is 0. The fourth-order valence-electron chi connectivity index (χ4n) is 5.97. The Balaban J connectivity index is 1.22. The monoisotopic (exact) mass is 378 g/mol. The number of rotatable bonds is 5. The highest BCUT2D eigenvalue weighted by molar-refractivity contribution is 5.21. The Morgan fingerprint density at radius 1 is 0.750 bits per heavy atom. The third kappa shape index (κ3) is 4.85. The number of halogens is 1. The van der Waals surface area contributed by atoms with Crippen LogP contribution in [0.5, 0.6) is 0 Å². The molecule has 0 heterocycles. The zero-order valence-electron chi connectivity index (χ0n) is 17.3. The predicted octanol–water partition coefficient (Wildman–Crippen LogP) is 8.10. The standard InChI is InChI=1S/C27H35F/c1-20(22-5-3-2-4-6-22)19-21-7-9-23(10-8-21)24-11-13-25(14-12-24)26-15-17-27(28)18-16-26/h2-6,15-18,20-21,23-25H,7-14,19H2,1H3/t20-,21?,23?,24?,25?/m0/s1. The van der Waals surface area contributed by atoms with E-state index in [1.807, 2.05) is 12.1 Å². The summed E-state index contributed by atoms with van der Waals surface area (Å²) in [5.41, 5.74) is 2.85. The maximum Gasteiger partial charge on any atom is 0.123 e. The highest BCUT2D eigenvalue weighted by atomic mass is 19.1. The molecule has 0 nitrogen and oxygen atoms in total. The molecule has 0 aromatic heterocycles. The SMILES string of the molecule is C[C@@H](CC1CCC(C2CCC(c3ccc(F)cc3)CC2)CC1)c1ccccc1. The average Bonchev–Trinajstić information content (AvgIpc) is 2.76. The van der Waals surface area contributed by atoms with Gasteiger partial charge in [-0.05, 0) is 97.8 Å². The van der Waals surface area contributed by atoms with Crippen molar-refractivity contribution in [2.24, 2.45) is 17.8 Å². The van der Waals surface area contributed by atoms with Crippen LogP contribution in [0.4, 0.5) is 4.39 Å². The molecule has 2 aromatic carbocycles. The molecule has 2 aliphatic carbocycles. The summed E-state index contributed by atoms with van der Waals surface area (Å²) in [4.78, 5) is 0. The second-order valence-corrected chi connectivity index (χ2v) is 9.49. The number of hydrogen-bond donors (Lipinski definition) is 0. The summed E-state index contributed by atoms with van der Waals surface area (Å²) in [5.74, 6) is 4.04. The summed E-state index contributed by atoms with van der Waals surface area (Å²) < 4.78 is 13.2. The van der Waals surface area contributed by atoms with Crippen molar-refractivity contribution in [2.75, 3.05) is 0 Å². The van der Waals surface area contributed by atoms with E-state index < -0.39 is 0 Å². The summed E-state index contributed by atoms with van der Waals surface area (Å²) in [5, 5.41) is 0. The van der Waals surface area contributed by atoms with E-state index in [1.54, 1.807) is 12.1 Å². The van der Waals surface area contributed by atoms with E-state index in [4.69, 9.17) is 0 Å². The average molecular weight is 379 g/mol. The lowest BCUT2D eigenvalue weighted by atomic mass is 9.67. The first-order valence-corrected chi connectivity index (χ1v) is 11.5. The molecular weight excluding hydrogens is 343 g/mol. The minimum atomic E-state index is -0.115. The van der Waals surface area contributed by atoms with Crippen molar-refractivity contribution in [3.05, 3.63) is 71.5 Å². The summed E-state index contributed by atoms with van der Waals surface area (Å²) in [6.45, 7) is 2.40. The quantitative estimate of drug-likeness (QED) is 0.493. The van der Waals surface area contributed by atoms with E-state index >= 15 is 0 Å².